The average molecular weight is 300 g/mol. The summed E-state index contributed by atoms with van der Waals surface area (Å²) in [7, 11) is 0. The number of hydrogen-bond donors (Lipinski definition) is 1. The summed E-state index contributed by atoms with van der Waals surface area (Å²) in [5.74, 6) is 1.01. The van der Waals surface area contributed by atoms with E-state index in [9.17, 15) is 10.1 Å². The molecule has 0 saturated heterocycles. The highest BCUT2D eigenvalue weighted by Crippen LogP contribution is 2.39. The molecule has 2 aromatic heterocycles. The van der Waals surface area contributed by atoms with Crippen LogP contribution in [-0.2, 0) is 12.8 Å². The van der Waals surface area contributed by atoms with Crippen molar-refractivity contribution in [3.8, 4) is 6.07 Å². The highest BCUT2D eigenvalue weighted by molar-refractivity contribution is 7.16. The number of thiophene rings is 1. The number of aryl methyl sites for hydroxylation is 1. The van der Waals surface area contributed by atoms with Gasteiger partial charge in [-0.15, -0.1) is 11.3 Å². The second kappa shape index (κ2) is 5.38. The molecule has 2 aromatic rings. The number of furan rings is 1. The fourth-order valence-corrected chi connectivity index (χ4v) is 4.10. The summed E-state index contributed by atoms with van der Waals surface area (Å²) < 4.78 is 5.15. The van der Waals surface area contributed by atoms with E-state index in [1.54, 1.807) is 13.0 Å². The predicted octanol–water partition coefficient (Wildman–Crippen LogP) is 3.90. The summed E-state index contributed by atoms with van der Waals surface area (Å²) in [6, 6.07) is 3.90. The van der Waals surface area contributed by atoms with Crippen LogP contribution in [0.2, 0.25) is 0 Å². The molecule has 1 aliphatic carbocycles. The normalized spacial score (nSPS) is 17.1. The first-order valence-electron chi connectivity index (χ1n) is 7.00. The van der Waals surface area contributed by atoms with Crippen LogP contribution in [0.15, 0.2) is 16.7 Å². The molecule has 2 heterocycles. The third kappa shape index (κ3) is 2.47. The molecule has 1 aliphatic rings. The maximum absolute atomic E-state index is 12.3. The third-order valence-corrected chi connectivity index (χ3v) is 5.12. The summed E-state index contributed by atoms with van der Waals surface area (Å²) in [6.07, 6.45) is 4.52. The molecule has 1 N–H and O–H groups in total. The van der Waals surface area contributed by atoms with Crippen LogP contribution in [0.25, 0.3) is 0 Å². The molecule has 5 heteroatoms. The van der Waals surface area contributed by atoms with E-state index in [4.69, 9.17) is 4.42 Å². The zero-order valence-electron chi connectivity index (χ0n) is 12.0. The van der Waals surface area contributed by atoms with Gasteiger partial charge in [-0.1, -0.05) is 6.92 Å². The minimum absolute atomic E-state index is 0.218. The summed E-state index contributed by atoms with van der Waals surface area (Å²) in [4.78, 5) is 13.5. The lowest BCUT2D eigenvalue weighted by molar-refractivity contribution is 0.102. The molecule has 21 heavy (non-hydrogen) atoms. The Morgan fingerprint density at radius 2 is 2.38 bits per heavy atom. The first-order valence-corrected chi connectivity index (χ1v) is 7.82. The second-order valence-corrected chi connectivity index (χ2v) is 6.62. The first kappa shape index (κ1) is 13.9. The van der Waals surface area contributed by atoms with Crippen LogP contribution in [0.3, 0.4) is 0 Å². The molecular formula is C16H16N2O2S. The van der Waals surface area contributed by atoms with Crippen molar-refractivity contribution in [2.45, 2.75) is 33.1 Å². The zero-order valence-corrected chi connectivity index (χ0v) is 12.8. The van der Waals surface area contributed by atoms with Gasteiger partial charge in [0.15, 0.2) is 0 Å². The average Bonchev–Trinajstić information content (AvgIpc) is 3.01. The van der Waals surface area contributed by atoms with E-state index in [2.05, 4.69) is 18.3 Å². The van der Waals surface area contributed by atoms with Crippen molar-refractivity contribution in [1.29, 1.82) is 5.26 Å². The second-order valence-electron chi connectivity index (χ2n) is 5.51. The fraction of sp³-hybridized carbons (Fsp3) is 0.375. The minimum Gasteiger partial charge on any atom is -0.469 e. The van der Waals surface area contributed by atoms with Crippen LogP contribution in [-0.4, -0.2) is 5.91 Å². The smallest absolute Gasteiger partial charge is 0.259 e. The van der Waals surface area contributed by atoms with E-state index in [0.717, 1.165) is 24.8 Å². The van der Waals surface area contributed by atoms with E-state index in [0.29, 0.717) is 27.8 Å². The maximum atomic E-state index is 12.3. The lowest BCUT2D eigenvalue weighted by atomic mass is 9.88. The molecule has 0 aliphatic heterocycles. The van der Waals surface area contributed by atoms with Gasteiger partial charge >= 0.3 is 0 Å². The number of nitrogens with zero attached hydrogens (tertiary/aromatic N) is 1. The molecule has 0 radical (unpaired) electrons. The highest BCUT2D eigenvalue weighted by atomic mass is 32.1. The Labute approximate surface area is 127 Å². The van der Waals surface area contributed by atoms with Crippen LogP contribution < -0.4 is 5.32 Å². The molecule has 4 nitrogen and oxygen atoms in total. The Hall–Kier alpha value is -2.06. The summed E-state index contributed by atoms with van der Waals surface area (Å²) >= 11 is 1.54. The van der Waals surface area contributed by atoms with Crippen LogP contribution in [0.5, 0.6) is 0 Å². The van der Waals surface area contributed by atoms with Gasteiger partial charge in [0.05, 0.1) is 17.4 Å². The van der Waals surface area contributed by atoms with Crippen molar-refractivity contribution < 1.29 is 9.21 Å². The van der Waals surface area contributed by atoms with E-state index >= 15 is 0 Å². The molecule has 0 spiro atoms. The monoisotopic (exact) mass is 300 g/mol. The number of hydrogen-bond acceptors (Lipinski definition) is 4. The predicted molar refractivity (Wildman–Crippen MR) is 81.6 cm³/mol. The van der Waals surface area contributed by atoms with Gasteiger partial charge in [-0.25, -0.2) is 0 Å². The summed E-state index contributed by atoms with van der Waals surface area (Å²) in [5.41, 5.74) is 2.27. The summed E-state index contributed by atoms with van der Waals surface area (Å²) in [5, 5.41) is 13.0. The molecule has 1 atom stereocenters. The third-order valence-electron chi connectivity index (χ3n) is 3.95. The number of fused-ring (bicyclic) bond motifs is 1. The van der Waals surface area contributed by atoms with Gasteiger partial charge in [0.2, 0.25) is 0 Å². The van der Waals surface area contributed by atoms with Crippen molar-refractivity contribution in [3.63, 3.8) is 0 Å². The minimum atomic E-state index is -0.218. The lowest BCUT2D eigenvalue weighted by Crippen LogP contribution is -2.12. The number of rotatable bonds is 2. The van der Waals surface area contributed by atoms with E-state index < -0.39 is 0 Å². The number of carbonyl (C=O) groups excluding carboxylic acids is 1. The van der Waals surface area contributed by atoms with Crippen molar-refractivity contribution in [2.24, 2.45) is 5.92 Å². The molecule has 0 fully saturated rings. The van der Waals surface area contributed by atoms with Crippen LogP contribution >= 0.6 is 11.3 Å². The molecule has 0 aromatic carbocycles. The molecule has 108 valence electrons. The topological polar surface area (TPSA) is 66.0 Å². The van der Waals surface area contributed by atoms with Gasteiger partial charge < -0.3 is 9.73 Å². The Balaban J connectivity index is 1.91. The Bertz CT molecular complexity index is 736. The first-order chi connectivity index (χ1) is 10.1. The van der Waals surface area contributed by atoms with E-state index in [-0.39, 0.29) is 5.91 Å². The highest BCUT2D eigenvalue weighted by Gasteiger charge is 2.25. The van der Waals surface area contributed by atoms with Crippen molar-refractivity contribution in [3.05, 3.63) is 39.7 Å². The molecule has 1 amide bonds. The lowest BCUT2D eigenvalue weighted by Gasteiger charge is -2.17. The maximum Gasteiger partial charge on any atom is 0.259 e. The fourth-order valence-electron chi connectivity index (χ4n) is 2.75. The molecule has 3 rings (SSSR count). The molecular weight excluding hydrogens is 284 g/mol. The Kier molecular flexibility index (Phi) is 3.56. The Morgan fingerprint density at radius 3 is 3.05 bits per heavy atom. The largest absolute Gasteiger partial charge is 0.469 e. The van der Waals surface area contributed by atoms with Crippen molar-refractivity contribution in [1.82, 2.24) is 0 Å². The van der Waals surface area contributed by atoms with Gasteiger partial charge in [0, 0.05) is 4.88 Å². The quantitative estimate of drug-likeness (QED) is 0.914. The molecule has 0 saturated carbocycles. The standard InChI is InChI=1S/C16H16N2O2S/c1-9-3-4-12-13(8-17)16(21-14(12)7-9)18-15(19)11-5-6-20-10(11)2/h5-6,9H,3-4,7H2,1-2H3,(H,18,19). The van der Waals surface area contributed by atoms with Crippen molar-refractivity contribution >= 4 is 22.2 Å². The van der Waals surface area contributed by atoms with Gasteiger partial charge in [0.1, 0.15) is 16.8 Å². The Morgan fingerprint density at radius 1 is 1.57 bits per heavy atom. The number of anilines is 1. The van der Waals surface area contributed by atoms with Crippen LogP contribution in [0, 0.1) is 24.2 Å². The number of nitriles is 1. The van der Waals surface area contributed by atoms with Crippen LogP contribution in [0.4, 0.5) is 5.00 Å². The van der Waals surface area contributed by atoms with Crippen molar-refractivity contribution in [2.75, 3.05) is 5.32 Å². The van der Waals surface area contributed by atoms with E-state index in [1.165, 1.54) is 22.5 Å². The number of nitrogens with one attached hydrogen (secondary N) is 1. The van der Waals surface area contributed by atoms with Gasteiger partial charge in [-0.3, -0.25) is 4.79 Å². The number of amides is 1. The molecule has 0 bridgehead atoms. The number of carbonyl (C=O) groups is 1. The van der Waals surface area contributed by atoms with Crippen LogP contribution in [0.1, 0.15) is 45.5 Å². The van der Waals surface area contributed by atoms with Gasteiger partial charge in [-0.05, 0) is 43.7 Å². The van der Waals surface area contributed by atoms with Gasteiger partial charge in [0.25, 0.3) is 5.91 Å². The van der Waals surface area contributed by atoms with Gasteiger partial charge in [-0.2, -0.15) is 5.26 Å². The summed E-state index contributed by atoms with van der Waals surface area (Å²) in [6.45, 7) is 3.98. The SMILES string of the molecule is Cc1occc1C(=O)Nc1sc2c(c1C#N)CCC(C)C2. The van der Waals surface area contributed by atoms with E-state index in [1.807, 2.05) is 0 Å². The molecule has 1 unspecified atom stereocenters. The zero-order chi connectivity index (χ0) is 15.0.